The molecular formula is C15H19N3O2. The molecule has 0 aliphatic carbocycles. The summed E-state index contributed by atoms with van der Waals surface area (Å²) in [7, 11) is 0. The molecule has 0 saturated carbocycles. The van der Waals surface area contributed by atoms with Crippen LogP contribution in [0.25, 0.3) is 0 Å². The van der Waals surface area contributed by atoms with E-state index in [1.165, 1.54) is 0 Å². The van der Waals surface area contributed by atoms with Gasteiger partial charge in [-0.3, -0.25) is 9.69 Å². The molecule has 1 heterocycles. The standard InChI is InChI=1S/C15H19N3O2/c1-12(19)11-17-6-8-18(9-7-17)15(20)14-4-2-13(10-16)3-5-14/h2-5,12,19H,6-9,11H2,1H3/t12-/m0/s1. The molecule has 1 aromatic rings. The highest BCUT2D eigenvalue weighted by molar-refractivity contribution is 5.94. The maximum atomic E-state index is 12.3. The van der Waals surface area contributed by atoms with Gasteiger partial charge in [0.2, 0.25) is 0 Å². The summed E-state index contributed by atoms with van der Waals surface area (Å²) >= 11 is 0. The number of aliphatic hydroxyl groups excluding tert-OH is 1. The van der Waals surface area contributed by atoms with Gasteiger partial charge in [0.15, 0.2) is 0 Å². The predicted molar refractivity (Wildman–Crippen MR) is 75.2 cm³/mol. The molecular weight excluding hydrogens is 254 g/mol. The van der Waals surface area contributed by atoms with Crippen LogP contribution in [0, 0.1) is 11.3 Å². The summed E-state index contributed by atoms with van der Waals surface area (Å²) in [5.74, 6) is 0.00573. The normalized spacial score (nSPS) is 17.6. The number of benzene rings is 1. The highest BCUT2D eigenvalue weighted by atomic mass is 16.3. The minimum Gasteiger partial charge on any atom is -0.392 e. The largest absolute Gasteiger partial charge is 0.392 e. The Morgan fingerprint density at radius 3 is 2.40 bits per heavy atom. The van der Waals surface area contributed by atoms with Crippen LogP contribution in [0.15, 0.2) is 24.3 Å². The van der Waals surface area contributed by atoms with Gasteiger partial charge in [0.1, 0.15) is 0 Å². The molecule has 1 atom stereocenters. The van der Waals surface area contributed by atoms with Gasteiger partial charge < -0.3 is 10.0 Å². The van der Waals surface area contributed by atoms with Crippen LogP contribution in [0.4, 0.5) is 0 Å². The number of nitrogens with zero attached hydrogens (tertiary/aromatic N) is 3. The second-order valence-electron chi connectivity index (χ2n) is 5.13. The number of nitriles is 1. The first-order valence-corrected chi connectivity index (χ1v) is 6.80. The Bertz CT molecular complexity index is 497. The lowest BCUT2D eigenvalue weighted by Crippen LogP contribution is -2.50. The van der Waals surface area contributed by atoms with Crippen LogP contribution in [0.5, 0.6) is 0 Å². The van der Waals surface area contributed by atoms with E-state index in [1.807, 2.05) is 11.0 Å². The second-order valence-corrected chi connectivity index (χ2v) is 5.13. The fraction of sp³-hybridized carbons (Fsp3) is 0.467. The van der Waals surface area contributed by atoms with Crippen molar-refractivity contribution >= 4 is 5.91 Å². The molecule has 1 aliphatic rings. The number of β-amino-alcohol motifs (C(OH)–C–C–N with tert-alkyl or cyclic N) is 1. The third-order valence-electron chi connectivity index (χ3n) is 3.44. The van der Waals surface area contributed by atoms with Gasteiger partial charge in [-0.1, -0.05) is 0 Å². The van der Waals surface area contributed by atoms with Crippen LogP contribution in [-0.2, 0) is 0 Å². The summed E-state index contributed by atoms with van der Waals surface area (Å²) in [5, 5.41) is 18.1. The zero-order valence-electron chi connectivity index (χ0n) is 11.6. The highest BCUT2D eigenvalue weighted by Gasteiger charge is 2.22. The molecule has 1 saturated heterocycles. The average molecular weight is 273 g/mol. The fourth-order valence-electron chi connectivity index (χ4n) is 2.38. The van der Waals surface area contributed by atoms with Crippen LogP contribution < -0.4 is 0 Å². The molecule has 1 fully saturated rings. The van der Waals surface area contributed by atoms with Gasteiger partial charge in [-0.2, -0.15) is 5.26 Å². The van der Waals surface area contributed by atoms with Crippen molar-refractivity contribution in [3.8, 4) is 6.07 Å². The zero-order valence-corrected chi connectivity index (χ0v) is 11.6. The van der Waals surface area contributed by atoms with Gasteiger partial charge in [-0.25, -0.2) is 0 Å². The number of carbonyl (C=O) groups excluding carboxylic acids is 1. The summed E-state index contributed by atoms with van der Waals surface area (Å²) < 4.78 is 0. The maximum absolute atomic E-state index is 12.3. The molecule has 0 radical (unpaired) electrons. The van der Waals surface area contributed by atoms with Crippen molar-refractivity contribution < 1.29 is 9.90 Å². The van der Waals surface area contributed by atoms with Gasteiger partial charge in [0, 0.05) is 38.3 Å². The van der Waals surface area contributed by atoms with E-state index in [2.05, 4.69) is 4.90 Å². The van der Waals surface area contributed by atoms with Crippen molar-refractivity contribution in [1.29, 1.82) is 5.26 Å². The summed E-state index contributed by atoms with van der Waals surface area (Å²) in [4.78, 5) is 16.3. The summed E-state index contributed by atoms with van der Waals surface area (Å²) in [6.07, 6.45) is -0.337. The molecule has 0 unspecified atom stereocenters. The third kappa shape index (κ3) is 3.56. The van der Waals surface area contributed by atoms with Gasteiger partial charge in [-0.15, -0.1) is 0 Å². The quantitative estimate of drug-likeness (QED) is 0.880. The minimum atomic E-state index is -0.337. The first-order valence-electron chi connectivity index (χ1n) is 6.80. The molecule has 1 aliphatic heterocycles. The monoisotopic (exact) mass is 273 g/mol. The van der Waals surface area contributed by atoms with E-state index in [1.54, 1.807) is 31.2 Å². The number of aliphatic hydroxyl groups is 1. The topological polar surface area (TPSA) is 67.6 Å². The Hall–Kier alpha value is -1.90. The number of rotatable bonds is 3. The lowest BCUT2D eigenvalue weighted by atomic mass is 10.1. The van der Waals surface area contributed by atoms with E-state index < -0.39 is 0 Å². The van der Waals surface area contributed by atoms with Gasteiger partial charge >= 0.3 is 0 Å². The molecule has 0 aromatic heterocycles. The first-order chi connectivity index (χ1) is 9.60. The van der Waals surface area contributed by atoms with Crippen molar-refractivity contribution in [3.63, 3.8) is 0 Å². The number of hydrogen-bond acceptors (Lipinski definition) is 4. The van der Waals surface area contributed by atoms with Crippen LogP contribution in [0.3, 0.4) is 0 Å². The van der Waals surface area contributed by atoms with Crippen molar-refractivity contribution in [3.05, 3.63) is 35.4 Å². The lowest BCUT2D eigenvalue weighted by Gasteiger charge is -2.35. The lowest BCUT2D eigenvalue weighted by molar-refractivity contribution is 0.0554. The van der Waals surface area contributed by atoms with Crippen LogP contribution in [-0.4, -0.2) is 59.6 Å². The molecule has 5 heteroatoms. The molecule has 0 spiro atoms. The maximum Gasteiger partial charge on any atom is 0.253 e. The van der Waals surface area contributed by atoms with E-state index in [4.69, 9.17) is 5.26 Å². The van der Waals surface area contributed by atoms with Crippen molar-refractivity contribution in [2.45, 2.75) is 13.0 Å². The van der Waals surface area contributed by atoms with Crippen molar-refractivity contribution in [2.75, 3.05) is 32.7 Å². The molecule has 106 valence electrons. The fourth-order valence-corrected chi connectivity index (χ4v) is 2.38. The smallest absolute Gasteiger partial charge is 0.253 e. The Kier molecular flexibility index (Phi) is 4.72. The molecule has 1 N–H and O–H groups in total. The SMILES string of the molecule is C[C@H](O)CN1CCN(C(=O)c2ccc(C#N)cc2)CC1. The molecule has 2 rings (SSSR count). The van der Waals surface area contributed by atoms with E-state index in [0.717, 1.165) is 13.1 Å². The Balaban J connectivity index is 1.92. The van der Waals surface area contributed by atoms with Crippen LogP contribution >= 0.6 is 0 Å². The summed E-state index contributed by atoms with van der Waals surface area (Å²) in [6.45, 7) is 5.34. The average Bonchev–Trinajstić information content (AvgIpc) is 2.47. The van der Waals surface area contributed by atoms with Crippen molar-refractivity contribution in [1.82, 2.24) is 9.80 Å². The molecule has 20 heavy (non-hydrogen) atoms. The van der Waals surface area contributed by atoms with Gasteiger partial charge in [-0.05, 0) is 31.2 Å². The Morgan fingerprint density at radius 1 is 1.30 bits per heavy atom. The first kappa shape index (κ1) is 14.5. The van der Waals surface area contributed by atoms with Crippen LogP contribution in [0.1, 0.15) is 22.8 Å². The van der Waals surface area contributed by atoms with E-state index in [0.29, 0.717) is 30.8 Å². The number of hydrogen-bond donors (Lipinski definition) is 1. The third-order valence-corrected chi connectivity index (χ3v) is 3.44. The molecule has 0 bridgehead atoms. The minimum absolute atomic E-state index is 0.00573. The predicted octanol–water partition coefficient (Wildman–Crippen LogP) is 0.697. The Labute approximate surface area is 119 Å². The van der Waals surface area contributed by atoms with Gasteiger partial charge in [0.05, 0.1) is 17.7 Å². The van der Waals surface area contributed by atoms with Crippen molar-refractivity contribution in [2.24, 2.45) is 0 Å². The molecule has 1 aromatic carbocycles. The van der Waals surface area contributed by atoms with Gasteiger partial charge in [0.25, 0.3) is 5.91 Å². The molecule has 1 amide bonds. The highest BCUT2D eigenvalue weighted by Crippen LogP contribution is 2.10. The van der Waals surface area contributed by atoms with E-state index >= 15 is 0 Å². The summed E-state index contributed by atoms with van der Waals surface area (Å²) in [6, 6.07) is 8.76. The second kappa shape index (κ2) is 6.51. The van der Waals surface area contributed by atoms with Crippen LogP contribution in [0.2, 0.25) is 0 Å². The molecule has 5 nitrogen and oxygen atoms in total. The Morgan fingerprint density at radius 2 is 1.90 bits per heavy atom. The van der Waals surface area contributed by atoms with E-state index in [9.17, 15) is 9.90 Å². The number of carbonyl (C=O) groups is 1. The summed E-state index contributed by atoms with van der Waals surface area (Å²) in [5.41, 5.74) is 1.18. The zero-order chi connectivity index (χ0) is 14.5. The van der Waals surface area contributed by atoms with E-state index in [-0.39, 0.29) is 12.0 Å². The number of amides is 1. The number of piperazine rings is 1.